The average molecular weight is 2810 g/mol. The minimum atomic E-state index is 0.779. The molecular weight excluding hydrogens is 2760 g/mol. The number of anilines is 1. The molecule has 0 bridgehead atoms. The van der Waals surface area contributed by atoms with E-state index in [4.69, 9.17) is 5.73 Å². The lowest BCUT2D eigenvalue weighted by Crippen LogP contribution is -2.09. The summed E-state index contributed by atoms with van der Waals surface area (Å²) < 4.78 is 19.8. The molecule has 10 nitrogen and oxygen atoms in total. The Hall–Kier alpha value is -0.700. The summed E-state index contributed by atoms with van der Waals surface area (Å²) in [5.74, 6) is 0. The van der Waals surface area contributed by atoms with Crippen LogP contribution in [0.1, 0.15) is 40.7 Å². The molecule has 0 amide bonds. The quantitative estimate of drug-likeness (QED) is 0.0861. The van der Waals surface area contributed by atoms with Crippen molar-refractivity contribution >= 4 is 397 Å². The molecule has 17 rings (SSSR count). The molecule has 0 fully saturated rings. The van der Waals surface area contributed by atoms with Crippen LogP contribution in [-0.2, 0) is 25.7 Å². The highest BCUT2D eigenvalue weighted by Gasteiger charge is 2.19. The number of nitrogens with one attached hydrogen (secondary N) is 1. The summed E-state index contributed by atoms with van der Waals surface area (Å²) in [6, 6.07) is 50.9. The van der Waals surface area contributed by atoms with Crippen molar-refractivity contribution in [3.8, 4) is 0 Å². The van der Waals surface area contributed by atoms with Crippen molar-refractivity contribution in [1.29, 1.82) is 0 Å². The van der Waals surface area contributed by atoms with Gasteiger partial charge in [-0.15, -0.1) is 10.2 Å². The first-order chi connectivity index (χ1) is 49.4. The zero-order valence-corrected chi connectivity index (χ0v) is 85.2. The van der Waals surface area contributed by atoms with Crippen molar-refractivity contribution in [3.63, 3.8) is 0 Å². The second kappa shape index (κ2) is 42.8. The van der Waals surface area contributed by atoms with Crippen LogP contribution in [0.15, 0.2) is 249 Å². The van der Waals surface area contributed by atoms with Gasteiger partial charge in [0.2, 0.25) is 0 Å². The largest absolute Gasteiger partial charge is 0.398 e. The monoisotopic (exact) mass is 2800 g/mol. The minimum Gasteiger partial charge on any atom is -0.398 e. The smallest absolute Gasteiger partial charge is 0.136 e. The number of hydrogen-bond donors (Lipinski definition) is 2. The second-order valence-corrected chi connectivity index (χ2v) is 38.7. The highest BCUT2D eigenvalue weighted by molar-refractivity contribution is 14.1. The maximum absolute atomic E-state index is 5.77. The standard InChI is InChI=1S/C10H10I2.3C9H5Br2N.2C8H4Br2N2.C8H6Br2.C7H4I2N2.C7H7I2N/c11-9-5-6-10(12)8-4-2-1-3-7(8)9;10-8-1-2-9(11)7-5-12-4-3-6(7)8;10-7-3-4-8(11)9-6(7)2-1-5-12-9;10-8-5-12-9(11)7-4-2-1-3-6(7)8;9-6-4-12-8(10)7-5(6)2-1-3-11-7;9-7-5-3-1-2-4-6(5)8(10)12-11-7;9-7-3-4-8(10)6-2-1-5(6)7;8-5-1-2-6(9)7-4(5)3-10-11-7;1-4-5(8)2-3-6(9)7(4)10/h5-6H,1-4H2;3*1-5H;2*1-4H;3-4H,1-2H2;1-3H,(H,10,11);2-3H,10H2,1H3. The van der Waals surface area contributed by atoms with Gasteiger partial charge >= 0.3 is 0 Å². The van der Waals surface area contributed by atoms with Crippen LogP contribution < -0.4 is 5.73 Å². The normalized spacial score (nSPS) is 11.4. The molecule has 0 saturated carbocycles. The minimum absolute atomic E-state index is 0.779. The highest BCUT2D eigenvalue weighted by atomic mass is 127. The van der Waals surface area contributed by atoms with Crippen molar-refractivity contribution < 1.29 is 0 Å². The Kier molecular flexibility index (Phi) is 35.9. The van der Waals surface area contributed by atoms with E-state index in [0.29, 0.717) is 0 Å². The number of halogens is 18. The molecule has 0 saturated heterocycles. The van der Waals surface area contributed by atoms with Gasteiger partial charge in [0.15, 0.2) is 0 Å². The van der Waals surface area contributed by atoms with Crippen molar-refractivity contribution in [3.05, 3.63) is 298 Å². The number of pyridine rings is 5. The third-order valence-electron chi connectivity index (χ3n) is 15.5. The Balaban J connectivity index is 0.000000135. The molecule has 7 heterocycles. The molecule has 526 valence electrons. The van der Waals surface area contributed by atoms with Crippen molar-refractivity contribution in [1.82, 2.24) is 45.3 Å². The van der Waals surface area contributed by atoms with Gasteiger partial charge in [-0.05, 0) is 417 Å². The topological polar surface area (TPSA) is 145 Å². The number of aromatic amines is 1. The van der Waals surface area contributed by atoms with Gasteiger partial charge in [-0.2, -0.15) is 5.10 Å². The molecule has 28 heteroatoms. The number of hydrogen-bond acceptors (Lipinski definition) is 9. The third kappa shape index (κ3) is 23.7. The second-order valence-electron chi connectivity index (χ2n) is 21.9. The van der Waals surface area contributed by atoms with E-state index in [1.54, 1.807) is 42.1 Å². The number of fused-ring (bicyclic) bond motifs is 8. The van der Waals surface area contributed by atoms with Gasteiger partial charge in [0.05, 0.1) is 17.2 Å². The van der Waals surface area contributed by atoms with E-state index in [0.717, 1.165) is 103 Å². The summed E-state index contributed by atoms with van der Waals surface area (Å²) in [4.78, 5) is 20.8. The van der Waals surface area contributed by atoms with Crippen molar-refractivity contribution in [2.24, 2.45) is 0 Å². The number of rotatable bonds is 0. The first-order valence-corrected chi connectivity index (χ1v) is 46.5. The summed E-state index contributed by atoms with van der Waals surface area (Å²) in [7, 11) is 0. The summed E-state index contributed by atoms with van der Waals surface area (Å²) in [5, 5.41) is 25.0. The summed E-state index contributed by atoms with van der Waals surface area (Å²) in [6.45, 7) is 2.04. The molecule has 15 aromatic rings. The van der Waals surface area contributed by atoms with Crippen LogP contribution in [0.4, 0.5) is 5.69 Å². The maximum Gasteiger partial charge on any atom is 0.136 e. The van der Waals surface area contributed by atoms with Gasteiger partial charge in [-0.1, -0.05) is 134 Å². The van der Waals surface area contributed by atoms with Gasteiger partial charge in [0.1, 0.15) is 23.9 Å². The molecule has 0 aliphatic heterocycles. The fourth-order valence-corrected chi connectivity index (χ4v) is 19.4. The predicted molar refractivity (Wildman–Crippen MR) is 522 cm³/mol. The van der Waals surface area contributed by atoms with Crippen molar-refractivity contribution in [2.75, 3.05) is 5.73 Å². The first-order valence-electron chi connectivity index (χ1n) is 30.5. The molecule has 2 aliphatic rings. The summed E-state index contributed by atoms with van der Waals surface area (Å²) >= 11 is 55.2. The van der Waals surface area contributed by atoms with Crippen molar-refractivity contribution in [2.45, 2.75) is 45.4 Å². The van der Waals surface area contributed by atoms with E-state index in [9.17, 15) is 0 Å². The molecule has 0 atom stereocenters. The number of nitrogen functional groups attached to an aromatic ring is 1. The van der Waals surface area contributed by atoms with Crippen LogP contribution in [0.5, 0.6) is 0 Å². The first kappa shape index (κ1) is 86.3. The average Bonchev–Trinajstić information content (AvgIpc) is 1.78. The predicted octanol–water partition coefficient (Wildman–Crippen LogP) is 30.2. The molecule has 3 N–H and O–H groups in total. The summed E-state index contributed by atoms with van der Waals surface area (Å²) in [5.41, 5.74) is 17.1. The van der Waals surface area contributed by atoms with E-state index >= 15 is 0 Å². The Labute approximate surface area is 779 Å². The summed E-state index contributed by atoms with van der Waals surface area (Å²) in [6.07, 6.45) is 20.4. The number of benzene rings is 8. The third-order valence-corrected chi connectivity index (χ3v) is 29.3. The number of aromatic nitrogens is 9. The number of nitrogens with two attached hydrogens (primary N) is 1. The molecular formula is C75H50Br12I6N10. The van der Waals surface area contributed by atoms with Crippen LogP contribution in [-0.4, -0.2) is 45.3 Å². The van der Waals surface area contributed by atoms with E-state index in [2.05, 4.69) is 421 Å². The molecule has 0 radical (unpaired) electrons. The number of H-pyrrole nitrogens is 1. The van der Waals surface area contributed by atoms with Gasteiger partial charge in [-0.25, -0.2) is 9.97 Å². The van der Waals surface area contributed by atoms with Gasteiger partial charge in [-0.3, -0.25) is 20.1 Å². The van der Waals surface area contributed by atoms with Crippen LogP contribution in [0, 0.1) is 28.3 Å². The Morgan fingerprint density at radius 2 is 0.748 bits per heavy atom. The van der Waals surface area contributed by atoms with Gasteiger partial charge < -0.3 is 5.73 Å². The lowest BCUT2D eigenvalue weighted by atomic mass is 9.89. The van der Waals surface area contributed by atoms with Crippen LogP contribution in [0.3, 0.4) is 0 Å². The van der Waals surface area contributed by atoms with Crippen LogP contribution in [0.2, 0.25) is 0 Å². The fraction of sp³-hybridized carbons (Fsp3) is 0.0933. The molecule has 2 aliphatic carbocycles. The van der Waals surface area contributed by atoms with Gasteiger partial charge in [0, 0.05) is 149 Å². The lowest BCUT2D eigenvalue weighted by Gasteiger charge is -2.21. The highest BCUT2D eigenvalue weighted by Crippen LogP contribution is 2.37. The Morgan fingerprint density at radius 3 is 1.26 bits per heavy atom. The van der Waals surface area contributed by atoms with E-state index < -0.39 is 0 Å². The maximum atomic E-state index is 5.77. The molecule has 0 unspecified atom stereocenters. The zero-order valence-electron chi connectivity index (χ0n) is 53.2. The van der Waals surface area contributed by atoms with Crippen LogP contribution >= 0.6 is 327 Å². The van der Waals surface area contributed by atoms with E-state index in [-0.39, 0.29) is 0 Å². The molecule has 8 aromatic carbocycles. The molecule has 0 spiro atoms. The Bertz CT molecular complexity index is 4660. The zero-order chi connectivity index (χ0) is 74.0. The van der Waals surface area contributed by atoms with Crippen LogP contribution in [0.25, 0.3) is 65.0 Å². The Morgan fingerprint density at radius 1 is 0.320 bits per heavy atom. The number of nitrogens with zero attached hydrogens (tertiary/aromatic N) is 8. The molecule has 7 aromatic heterocycles. The molecule has 103 heavy (non-hydrogen) atoms. The van der Waals surface area contributed by atoms with E-state index in [1.807, 2.05) is 122 Å². The fourth-order valence-electron chi connectivity index (χ4n) is 10.1. The SMILES string of the molecule is Brc1ccc(Br)c2c1CC2.Brc1ccc(Br)c2cnccc12.Brc1ccc(Br)c2ncccc12.Brc1cnc(Br)c2ccccc12.Brc1cnc(Br)c2ncccc12.Brc1nnc(Br)c2ccccc12.Cc1c(I)ccc(I)c1N.Ic1ccc(I)c2[nH]ncc12.Ic1ccc(I)c2c1CCCC2. The van der Waals surface area contributed by atoms with E-state index in [1.165, 1.54) is 98.2 Å². The lowest BCUT2D eigenvalue weighted by molar-refractivity contribution is 0.680. The van der Waals surface area contributed by atoms with Gasteiger partial charge in [0.25, 0.3) is 0 Å².